The lowest BCUT2D eigenvalue weighted by Gasteiger charge is -2.24. The van der Waals surface area contributed by atoms with Crippen molar-refractivity contribution in [3.05, 3.63) is 29.8 Å². The van der Waals surface area contributed by atoms with E-state index in [2.05, 4.69) is 0 Å². The van der Waals surface area contributed by atoms with E-state index in [0.29, 0.717) is 0 Å². The summed E-state index contributed by atoms with van der Waals surface area (Å²) in [5.41, 5.74) is 0.979. The molecule has 1 aromatic carbocycles. The van der Waals surface area contributed by atoms with Crippen molar-refractivity contribution in [1.82, 2.24) is 4.90 Å². The van der Waals surface area contributed by atoms with Crippen LogP contribution in [0, 0.1) is 0 Å². The Morgan fingerprint density at radius 1 is 1.35 bits per heavy atom. The molecule has 0 N–H and O–H groups in total. The zero-order chi connectivity index (χ0) is 12.4. The predicted octanol–water partition coefficient (Wildman–Crippen LogP) is 1.56. The molecular weight excluding hydrogens is 218 g/mol. The second-order valence-corrected chi connectivity index (χ2v) is 4.19. The Morgan fingerprint density at radius 2 is 2.12 bits per heavy atom. The van der Waals surface area contributed by atoms with Crippen LogP contribution in [0.25, 0.3) is 0 Å². The van der Waals surface area contributed by atoms with Gasteiger partial charge in [-0.3, -0.25) is 9.59 Å². The first kappa shape index (κ1) is 11.6. The van der Waals surface area contributed by atoms with E-state index in [0.717, 1.165) is 11.3 Å². The van der Waals surface area contributed by atoms with Crippen LogP contribution in [0.4, 0.5) is 0 Å². The van der Waals surface area contributed by atoms with Crippen LogP contribution < -0.4 is 4.74 Å². The minimum absolute atomic E-state index is 0.00949. The van der Waals surface area contributed by atoms with Gasteiger partial charge in [-0.05, 0) is 24.6 Å². The predicted molar refractivity (Wildman–Crippen MR) is 62.7 cm³/mol. The molecule has 1 fully saturated rings. The van der Waals surface area contributed by atoms with E-state index >= 15 is 0 Å². The zero-order valence-electron chi connectivity index (χ0n) is 9.97. The molecule has 4 nitrogen and oxygen atoms in total. The van der Waals surface area contributed by atoms with E-state index in [4.69, 9.17) is 4.74 Å². The maximum atomic E-state index is 11.6. The van der Waals surface area contributed by atoms with Crippen LogP contribution in [-0.4, -0.2) is 30.2 Å². The Labute approximate surface area is 100 Å². The Morgan fingerprint density at radius 3 is 2.71 bits per heavy atom. The number of carbonyl (C=O) groups excluding carboxylic acids is 2. The molecule has 1 unspecified atom stereocenters. The fraction of sp³-hybridized carbons (Fsp3) is 0.385. The van der Waals surface area contributed by atoms with Crippen LogP contribution >= 0.6 is 0 Å². The number of benzene rings is 1. The zero-order valence-corrected chi connectivity index (χ0v) is 9.97. The topological polar surface area (TPSA) is 46.6 Å². The number of hydrogen-bond donors (Lipinski definition) is 0. The van der Waals surface area contributed by atoms with Gasteiger partial charge in [0.15, 0.2) is 5.78 Å². The van der Waals surface area contributed by atoms with Gasteiger partial charge in [0.05, 0.1) is 26.1 Å². The first-order valence-electron chi connectivity index (χ1n) is 5.57. The number of hydrogen-bond acceptors (Lipinski definition) is 3. The molecule has 1 aliphatic rings. The maximum absolute atomic E-state index is 11.6. The van der Waals surface area contributed by atoms with Gasteiger partial charge in [0.2, 0.25) is 5.91 Å². The van der Waals surface area contributed by atoms with Crippen LogP contribution in [-0.2, 0) is 9.59 Å². The van der Waals surface area contributed by atoms with Gasteiger partial charge in [-0.15, -0.1) is 0 Å². The molecule has 0 bridgehead atoms. The van der Waals surface area contributed by atoms with Gasteiger partial charge in [0.25, 0.3) is 0 Å². The molecule has 1 aromatic rings. The maximum Gasteiger partial charge on any atom is 0.230 e. The summed E-state index contributed by atoms with van der Waals surface area (Å²) in [4.78, 5) is 24.5. The molecule has 1 aliphatic heterocycles. The SMILES string of the molecule is COc1cccc(C(C)N2CC(=O)CC2=O)c1. The van der Waals surface area contributed by atoms with Crippen molar-refractivity contribution in [3.8, 4) is 5.75 Å². The lowest BCUT2D eigenvalue weighted by Crippen LogP contribution is -2.28. The van der Waals surface area contributed by atoms with Crippen LogP contribution in [0.15, 0.2) is 24.3 Å². The van der Waals surface area contributed by atoms with Gasteiger partial charge < -0.3 is 9.64 Å². The molecule has 90 valence electrons. The number of likely N-dealkylation sites (tertiary alicyclic amines) is 1. The summed E-state index contributed by atoms with van der Waals surface area (Å²) in [6.07, 6.45) is 0.0360. The van der Waals surface area contributed by atoms with Gasteiger partial charge in [-0.2, -0.15) is 0 Å². The standard InChI is InChI=1S/C13H15NO3/c1-9(14-8-11(15)7-13(14)16)10-4-3-5-12(6-10)17-2/h3-6,9H,7-8H2,1-2H3. The number of ketones is 1. The summed E-state index contributed by atoms with van der Waals surface area (Å²) < 4.78 is 5.15. The van der Waals surface area contributed by atoms with Crippen molar-refractivity contribution in [3.63, 3.8) is 0 Å². The van der Waals surface area contributed by atoms with E-state index in [9.17, 15) is 9.59 Å². The quantitative estimate of drug-likeness (QED) is 0.744. The monoisotopic (exact) mass is 233 g/mol. The molecule has 4 heteroatoms. The fourth-order valence-electron chi connectivity index (χ4n) is 2.04. The Hall–Kier alpha value is -1.84. The summed E-state index contributed by atoms with van der Waals surface area (Å²) in [6, 6.07) is 7.47. The molecule has 0 saturated carbocycles. The molecule has 0 radical (unpaired) electrons. The van der Waals surface area contributed by atoms with Crippen molar-refractivity contribution in [2.24, 2.45) is 0 Å². The van der Waals surface area contributed by atoms with Gasteiger partial charge in [-0.1, -0.05) is 12.1 Å². The molecular formula is C13H15NO3. The third-order valence-electron chi connectivity index (χ3n) is 3.06. The van der Waals surface area contributed by atoms with Gasteiger partial charge in [-0.25, -0.2) is 0 Å². The van der Waals surface area contributed by atoms with E-state index in [1.165, 1.54) is 0 Å². The van der Waals surface area contributed by atoms with Crippen molar-refractivity contribution in [2.45, 2.75) is 19.4 Å². The molecule has 0 spiro atoms. The van der Waals surface area contributed by atoms with E-state index in [-0.39, 0.29) is 30.7 Å². The number of Topliss-reactive ketones (excluding diaryl/α,β-unsaturated/α-hetero) is 1. The van der Waals surface area contributed by atoms with E-state index in [1.54, 1.807) is 12.0 Å². The average Bonchev–Trinajstić information content (AvgIpc) is 2.67. The Kier molecular flexibility index (Phi) is 3.13. The third-order valence-corrected chi connectivity index (χ3v) is 3.06. The number of nitrogens with zero attached hydrogens (tertiary/aromatic N) is 1. The van der Waals surface area contributed by atoms with Gasteiger partial charge in [0.1, 0.15) is 5.75 Å². The van der Waals surface area contributed by atoms with E-state index in [1.807, 2.05) is 31.2 Å². The fourth-order valence-corrected chi connectivity index (χ4v) is 2.04. The number of carbonyl (C=O) groups is 2. The minimum Gasteiger partial charge on any atom is -0.497 e. The Bertz CT molecular complexity index is 456. The Balaban J connectivity index is 2.21. The largest absolute Gasteiger partial charge is 0.497 e. The summed E-state index contributed by atoms with van der Waals surface area (Å²) in [5, 5.41) is 0. The first-order valence-corrected chi connectivity index (χ1v) is 5.57. The molecule has 2 rings (SSSR count). The highest BCUT2D eigenvalue weighted by molar-refractivity contribution is 6.05. The molecule has 0 aromatic heterocycles. The lowest BCUT2D eigenvalue weighted by molar-refractivity contribution is -0.129. The lowest BCUT2D eigenvalue weighted by atomic mass is 10.1. The van der Waals surface area contributed by atoms with Crippen molar-refractivity contribution in [2.75, 3.05) is 13.7 Å². The molecule has 17 heavy (non-hydrogen) atoms. The van der Waals surface area contributed by atoms with Gasteiger partial charge >= 0.3 is 0 Å². The molecule has 1 saturated heterocycles. The first-order chi connectivity index (χ1) is 8.11. The smallest absolute Gasteiger partial charge is 0.230 e. The summed E-state index contributed by atoms with van der Waals surface area (Å²) >= 11 is 0. The van der Waals surface area contributed by atoms with Crippen molar-refractivity contribution >= 4 is 11.7 Å². The highest BCUT2D eigenvalue weighted by atomic mass is 16.5. The summed E-state index contributed by atoms with van der Waals surface area (Å²) in [7, 11) is 1.61. The third kappa shape index (κ3) is 2.30. The number of methoxy groups -OCH3 is 1. The normalized spacial score (nSPS) is 17.4. The van der Waals surface area contributed by atoms with Crippen LogP contribution in [0.5, 0.6) is 5.75 Å². The summed E-state index contributed by atoms with van der Waals surface area (Å²) in [5.74, 6) is 0.655. The van der Waals surface area contributed by atoms with E-state index < -0.39 is 0 Å². The summed E-state index contributed by atoms with van der Waals surface area (Å²) in [6.45, 7) is 2.14. The number of amides is 1. The minimum atomic E-state index is -0.0935. The highest BCUT2D eigenvalue weighted by Gasteiger charge is 2.31. The van der Waals surface area contributed by atoms with Gasteiger partial charge in [0, 0.05) is 0 Å². The number of ether oxygens (including phenoxy) is 1. The highest BCUT2D eigenvalue weighted by Crippen LogP contribution is 2.26. The van der Waals surface area contributed by atoms with Crippen LogP contribution in [0.2, 0.25) is 0 Å². The molecule has 0 aliphatic carbocycles. The average molecular weight is 233 g/mol. The van der Waals surface area contributed by atoms with Crippen LogP contribution in [0.3, 0.4) is 0 Å². The van der Waals surface area contributed by atoms with Crippen LogP contribution in [0.1, 0.15) is 24.9 Å². The second-order valence-electron chi connectivity index (χ2n) is 4.19. The number of rotatable bonds is 3. The molecule has 1 atom stereocenters. The van der Waals surface area contributed by atoms with Crippen molar-refractivity contribution < 1.29 is 14.3 Å². The van der Waals surface area contributed by atoms with Crippen molar-refractivity contribution in [1.29, 1.82) is 0 Å². The molecule has 1 heterocycles. The molecule has 1 amide bonds. The second kappa shape index (κ2) is 4.57.